The number of fused-ring (bicyclic) bond motifs is 2. The Kier molecular flexibility index (Phi) is 4.34. The van der Waals surface area contributed by atoms with Gasteiger partial charge in [0.15, 0.2) is 0 Å². The molecule has 1 aliphatic heterocycles. The second-order valence-corrected chi connectivity index (χ2v) is 8.51. The Balaban J connectivity index is 1.36. The highest BCUT2D eigenvalue weighted by molar-refractivity contribution is 5.68. The van der Waals surface area contributed by atoms with Crippen LogP contribution in [0.25, 0.3) is 5.78 Å². The third kappa shape index (κ3) is 3.67. The molecule has 0 radical (unpaired) electrons. The Hall–Kier alpha value is -2.15. The summed E-state index contributed by atoms with van der Waals surface area (Å²) in [5.41, 5.74) is 0.585. The monoisotopic (exact) mass is 357 g/mol. The maximum absolute atomic E-state index is 12.1. The Bertz CT molecular complexity index is 764. The molecule has 1 saturated carbocycles. The van der Waals surface area contributed by atoms with E-state index in [0.29, 0.717) is 11.8 Å². The first-order valence-corrected chi connectivity index (χ1v) is 9.38. The Morgan fingerprint density at radius 3 is 2.96 bits per heavy atom. The summed E-state index contributed by atoms with van der Waals surface area (Å²) in [7, 11) is 0. The van der Waals surface area contributed by atoms with Crippen molar-refractivity contribution in [1.82, 2.24) is 24.6 Å². The van der Waals surface area contributed by atoms with Gasteiger partial charge in [-0.05, 0) is 51.5 Å². The summed E-state index contributed by atoms with van der Waals surface area (Å²) in [6.07, 6.45) is 7.69. The lowest BCUT2D eigenvalue weighted by molar-refractivity contribution is 0.0491. The first-order chi connectivity index (χ1) is 12.4. The van der Waals surface area contributed by atoms with Crippen LogP contribution >= 0.6 is 0 Å². The number of nitrogens with one attached hydrogen (secondary N) is 1. The quantitative estimate of drug-likeness (QED) is 0.914. The summed E-state index contributed by atoms with van der Waals surface area (Å²) >= 11 is 0. The molecule has 0 bridgehead atoms. The molecule has 4 rings (SSSR count). The summed E-state index contributed by atoms with van der Waals surface area (Å²) < 4.78 is 7.38. The van der Waals surface area contributed by atoms with Crippen LogP contribution in [0.1, 0.15) is 39.3 Å². The standard InChI is InChI=1S/C19H27N5O2/c1-19(2,3)26-18(25)22-16-6-5-13-9-23(12-15(13)16)10-14-11-24-8-4-7-20-17(24)21-14/h4,7-8,11,13,15-16H,5-6,9-10,12H2,1-3H3,(H,22,25)/t13-,15+,16-/m1/s1. The van der Waals surface area contributed by atoms with Crippen LogP contribution in [0.2, 0.25) is 0 Å². The lowest BCUT2D eigenvalue weighted by atomic mass is 9.98. The molecule has 0 aromatic carbocycles. The first kappa shape index (κ1) is 17.3. The zero-order chi connectivity index (χ0) is 18.3. The average Bonchev–Trinajstić information content (AvgIpc) is 3.20. The van der Waals surface area contributed by atoms with Crippen LogP contribution in [0.3, 0.4) is 0 Å². The maximum atomic E-state index is 12.1. The second-order valence-electron chi connectivity index (χ2n) is 8.51. The molecule has 1 amide bonds. The molecule has 2 aromatic heterocycles. The van der Waals surface area contributed by atoms with Crippen molar-refractivity contribution in [2.24, 2.45) is 11.8 Å². The molecule has 3 atom stereocenters. The van der Waals surface area contributed by atoms with Gasteiger partial charge in [0.2, 0.25) is 5.78 Å². The molecule has 26 heavy (non-hydrogen) atoms. The minimum Gasteiger partial charge on any atom is -0.444 e. The molecule has 2 aliphatic rings. The minimum atomic E-state index is -0.457. The van der Waals surface area contributed by atoms with Gasteiger partial charge in [0.05, 0.1) is 5.69 Å². The third-order valence-electron chi connectivity index (χ3n) is 5.31. The van der Waals surface area contributed by atoms with Crippen LogP contribution in [-0.4, -0.2) is 50.1 Å². The van der Waals surface area contributed by atoms with E-state index in [-0.39, 0.29) is 12.1 Å². The largest absolute Gasteiger partial charge is 0.444 e. The number of rotatable bonds is 3. The normalized spacial score (nSPS) is 26.2. The van der Waals surface area contributed by atoms with Gasteiger partial charge in [-0.3, -0.25) is 9.30 Å². The van der Waals surface area contributed by atoms with Gasteiger partial charge in [-0.25, -0.2) is 14.8 Å². The van der Waals surface area contributed by atoms with Crippen LogP contribution in [0.4, 0.5) is 4.79 Å². The van der Waals surface area contributed by atoms with E-state index in [4.69, 9.17) is 4.74 Å². The van der Waals surface area contributed by atoms with Crippen molar-refractivity contribution in [3.63, 3.8) is 0 Å². The number of hydrogen-bond donors (Lipinski definition) is 1. The molecule has 3 heterocycles. The molecule has 1 aliphatic carbocycles. The van der Waals surface area contributed by atoms with Crippen LogP contribution in [0.15, 0.2) is 24.7 Å². The highest BCUT2D eigenvalue weighted by Gasteiger charge is 2.43. The van der Waals surface area contributed by atoms with Crippen molar-refractivity contribution in [2.45, 2.75) is 51.8 Å². The van der Waals surface area contributed by atoms with E-state index in [1.54, 1.807) is 6.20 Å². The molecule has 7 heteroatoms. The molecule has 0 spiro atoms. The molecule has 7 nitrogen and oxygen atoms in total. The topological polar surface area (TPSA) is 71.8 Å². The van der Waals surface area contributed by atoms with Gasteiger partial charge in [-0.15, -0.1) is 0 Å². The van der Waals surface area contributed by atoms with Crippen molar-refractivity contribution in [1.29, 1.82) is 0 Å². The average molecular weight is 357 g/mol. The highest BCUT2D eigenvalue weighted by Crippen LogP contribution is 2.38. The Morgan fingerprint density at radius 2 is 2.19 bits per heavy atom. The number of aromatic nitrogens is 3. The molecule has 2 fully saturated rings. The van der Waals surface area contributed by atoms with Gasteiger partial charge in [0.1, 0.15) is 5.60 Å². The zero-order valence-electron chi connectivity index (χ0n) is 15.7. The molecule has 2 aromatic rings. The Labute approximate surface area is 153 Å². The van der Waals surface area contributed by atoms with Crippen LogP contribution in [-0.2, 0) is 11.3 Å². The molecular formula is C19H27N5O2. The van der Waals surface area contributed by atoms with Crippen LogP contribution < -0.4 is 5.32 Å². The predicted octanol–water partition coefficient (Wildman–Crippen LogP) is 2.46. The number of ether oxygens (including phenoxy) is 1. The fourth-order valence-corrected chi connectivity index (χ4v) is 4.31. The summed E-state index contributed by atoms with van der Waals surface area (Å²) in [4.78, 5) is 23.4. The smallest absolute Gasteiger partial charge is 0.407 e. The molecule has 0 unspecified atom stereocenters. The number of hydrogen-bond acceptors (Lipinski definition) is 5. The highest BCUT2D eigenvalue weighted by atomic mass is 16.6. The minimum absolute atomic E-state index is 0.211. The maximum Gasteiger partial charge on any atom is 0.407 e. The van der Waals surface area contributed by atoms with E-state index in [1.807, 2.05) is 43.6 Å². The molecule has 140 valence electrons. The van der Waals surface area contributed by atoms with Gasteiger partial charge >= 0.3 is 6.09 Å². The molecule has 1 saturated heterocycles. The lowest BCUT2D eigenvalue weighted by Gasteiger charge is -2.24. The number of imidazole rings is 1. The predicted molar refractivity (Wildman–Crippen MR) is 97.6 cm³/mol. The number of carbonyl (C=O) groups excluding carboxylic acids is 1. The second kappa shape index (κ2) is 6.54. The third-order valence-corrected chi connectivity index (χ3v) is 5.31. The SMILES string of the molecule is CC(C)(C)OC(=O)N[C@@H]1CC[C@@H]2CN(Cc3cn4cccnc4n3)C[C@@H]21. The Morgan fingerprint density at radius 1 is 1.35 bits per heavy atom. The summed E-state index contributed by atoms with van der Waals surface area (Å²) in [5, 5.41) is 3.10. The number of likely N-dealkylation sites (tertiary alicyclic amines) is 1. The number of nitrogens with zero attached hydrogens (tertiary/aromatic N) is 4. The van der Waals surface area contributed by atoms with Gasteiger partial charge in [0.25, 0.3) is 0 Å². The van der Waals surface area contributed by atoms with E-state index >= 15 is 0 Å². The van der Waals surface area contributed by atoms with Crippen molar-refractivity contribution in [2.75, 3.05) is 13.1 Å². The van der Waals surface area contributed by atoms with E-state index in [2.05, 4.69) is 20.2 Å². The fraction of sp³-hybridized carbons (Fsp3) is 0.632. The number of alkyl carbamates (subject to hydrolysis) is 1. The van der Waals surface area contributed by atoms with E-state index in [9.17, 15) is 4.79 Å². The van der Waals surface area contributed by atoms with Crippen molar-refractivity contribution < 1.29 is 9.53 Å². The number of carbonyl (C=O) groups is 1. The van der Waals surface area contributed by atoms with Crippen molar-refractivity contribution in [3.05, 3.63) is 30.4 Å². The first-order valence-electron chi connectivity index (χ1n) is 9.38. The van der Waals surface area contributed by atoms with E-state index in [0.717, 1.165) is 43.9 Å². The van der Waals surface area contributed by atoms with Gasteiger partial charge in [-0.1, -0.05) is 0 Å². The van der Waals surface area contributed by atoms with Crippen molar-refractivity contribution in [3.8, 4) is 0 Å². The fourth-order valence-electron chi connectivity index (χ4n) is 4.31. The zero-order valence-corrected chi connectivity index (χ0v) is 15.7. The van der Waals surface area contributed by atoms with Crippen LogP contribution in [0.5, 0.6) is 0 Å². The van der Waals surface area contributed by atoms with Gasteiger partial charge in [0, 0.05) is 44.3 Å². The molecule has 1 N–H and O–H groups in total. The van der Waals surface area contributed by atoms with E-state index in [1.165, 1.54) is 0 Å². The van der Waals surface area contributed by atoms with E-state index < -0.39 is 5.60 Å². The number of amides is 1. The van der Waals surface area contributed by atoms with Gasteiger partial charge < -0.3 is 10.1 Å². The van der Waals surface area contributed by atoms with Gasteiger partial charge in [-0.2, -0.15) is 0 Å². The van der Waals surface area contributed by atoms with Crippen LogP contribution in [0, 0.1) is 11.8 Å². The summed E-state index contributed by atoms with van der Waals surface area (Å²) in [6.45, 7) is 8.57. The lowest BCUT2D eigenvalue weighted by Crippen LogP contribution is -2.42. The summed E-state index contributed by atoms with van der Waals surface area (Å²) in [6, 6.07) is 2.12. The van der Waals surface area contributed by atoms with Crippen molar-refractivity contribution >= 4 is 11.9 Å². The molecular weight excluding hydrogens is 330 g/mol. The summed E-state index contributed by atoms with van der Waals surface area (Å²) in [5.74, 6) is 1.88.